The van der Waals surface area contributed by atoms with Gasteiger partial charge in [-0.15, -0.1) is 0 Å². The molecular formula is C16H20ClN5. The summed E-state index contributed by atoms with van der Waals surface area (Å²) in [4.78, 5) is 8.29. The Labute approximate surface area is 135 Å². The van der Waals surface area contributed by atoms with Crippen LogP contribution in [-0.4, -0.2) is 29.6 Å². The lowest BCUT2D eigenvalue weighted by Gasteiger charge is -2.23. The number of pyridine rings is 2. The molecule has 22 heavy (non-hydrogen) atoms. The van der Waals surface area contributed by atoms with Crippen LogP contribution >= 0.6 is 11.6 Å². The highest BCUT2D eigenvalue weighted by Crippen LogP contribution is 2.29. The van der Waals surface area contributed by atoms with Crippen LogP contribution in [0.5, 0.6) is 0 Å². The fourth-order valence-electron chi connectivity index (χ4n) is 2.71. The smallest absolute Gasteiger partial charge is 0.124 e. The van der Waals surface area contributed by atoms with Crippen molar-refractivity contribution in [1.29, 1.82) is 0 Å². The van der Waals surface area contributed by atoms with E-state index in [1.165, 1.54) is 12.8 Å². The van der Waals surface area contributed by atoms with Gasteiger partial charge in [0, 0.05) is 36.3 Å². The van der Waals surface area contributed by atoms with Crippen molar-refractivity contribution < 1.29 is 0 Å². The highest BCUT2D eigenvalue weighted by Gasteiger charge is 2.13. The van der Waals surface area contributed by atoms with Crippen molar-refractivity contribution in [1.82, 2.24) is 15.3 Å². The summed E-state index contributed by atoms with van der Waals surface area (Å²) in [5.74, 6) is 1.16. The highest BCUT2D eigenvalue weighted by molar-refractivity contribution is 6.33. The molecular weight excluding hydrogens is 298 g/mol. The van der Waals surface area contributed by atoms with Gasteiger partial charge in [0.1, 0.15) is 5.82 Å². The van der Waals surface area contributed by atoms with Crippen molar-refractivity contribution in [3.63, 3.8) is 0 Å². The summed E-state index contributed by atoms with van der Waals surface area (Å²) < 4.78 is 0. The van der Waals surface area contributed by atoms with Gasteiger partial charge in [0.15, 0.2) is 0 Å². The molecule has 0 amide bonds. The lowest BCUT2D eigenvalue weighted by molar-refractivity contribution is 0.390. The van der Waals surface area contributed by atoms with Gasteiger partial charge in [0.2, 0.25) is 0 Å². The van der Waals surface area contributed by atoms with Crippen molar-refractivity contribution >= 4 is 23.1 Å². The molecule has 0 unspecified atom stereocenters. The minimum atomic E-state index is 0.451. The number of halogens is 1. The summed E-state index contributed by atoms with van der Waals surface area (Å²) >= 11 is 6.21. The lowest BCUT2D eigenvalue weighted by atomic mass is 9.98. The molecule has 1 aliphatic rings. The number of nitrogen functional groups attached to an aromatic ring is 1. The second kappa shape index (κ2) is 6.94. The van der Waals surface area contributed by atoms with Crippen LogP contribution in [0.2, 0.25) is 5.02 Å². The SMILES string of the molecule is Nc1cc(-c2cncc(NCC3CCNCC3)c2)c(Cl)cn1. The van der Waals surface area contributed by atoms with Gasteiger partial charge in [0.25, 0.3) is 0 Å². The molecule has 0 radical (unpaired) electrons. The Bertz CT molecular complexity index is 640. The zero-order valence-electron chi connectivity index (χ0n) is 12.3. The van der Waals surface area contributed by atoms with E-state index < -0.39 is 0 Å². The lowest BCUT2D eigenvalue weighted by Crippen LogP contribution is -2.31. The topological polar surface area (TPSA) is 75.9 Å². The molecule has 0 spiro atoms. The maximum Gasteiger partial charge on any atom is 0.124 e. The van der Waals surface area contributed by atoms with Crippen LogP contribution in [0, 0.1) is 5.92 Å². The van der Waals surface area contributed by atoms with E-state index in [1.807, 2.05) is 6.20 Å². The van der Waals surface area contributed by atoms with Gasteiger partial charge in [-0.2, -0.15) is 0 Å². The normalized spacial score (nSPS) is 15.7. The minimum Gasteiger partial charge on any atom is -0.384 e. The number of nitrogens with one attached hydrogen (secondary N) is 2. The molecule has 3 rings (SSSR count). The van der Waals surface area contributed by atoms with Crippen molar-refractivity contribution in [2.24, 2.45) is 5.92 Å². The fraction of sp³-hybridized carbons (Fsp3) is 0.375. The summed E-state index contributed by atoms with van der Waals surface area (Å²) in [6, 6.07) is 3.82. The second-order valence-electron chi connectivity index (χ2n) is 5.63. The molecule has 1 fully saturated rings. The van der Waals surface area contributed by atoms with E-state index in [2.05, 4.69) is 26.7 Å². The molecule has 5 nitrogen and oxygen atoms in total. The van der Waals surface area contributed by atoms with E-state index in [0.717, 1.165) is 36.4 Å². The van der Waals surface area contributed by atoms with Gasteiger partial charge >= 0.3 is 0 Å². The molecule has 0 atom stereocenters. The van der Waals surface area contributed by atoms with Crippen LogP contribution in [0.15, 0.2) is 30.7 Å². The first-order valence-electron chi connectivity index (χ1n) is 7.53. The molecule has 1 aliphatic heterocycles. The van der Waals surface area contributed by atoms with Gasteiger partial charge in [-0.25, -0.2) is 4.98 Å². The number of hydrogen-bond acceptors (Lipinski definition) is 5. The number of nitrogens with zero attached hydrogens (tertiary/aromatic N) is 2. The van der Waals surface area contributed by atoms with Crippen LogP contribution in [0.25, 0.3) is 11.1 Å². The summed E-state index contributed by atoms with van der Waals surface area (Å²) in [5, 5.41) is 7.44. The first-order valence-corrected chi connectivity index (χ1v) is 7.91. The number of aromatic nitrogens is 2. The molecule has 116 valence electrons. The summed E-state index contributed by atoms with van der Waals surface area (Å²) in [7, 11) is 0. The Hall–Kier alpha value is -1.85. The van der Waals surface area contributed by atoms with Gasteiger partial charge in [-0.3, -0.25) is 4.98 Å². The minimum absolute atomic E-state index is 0.451. The Balaban J connectivity index is 1.73. The molecule has 3 heterocycles. The molecule has 6 heteroatoms. The second-order valence-corrected chi connectivity index (χ2v) is 6.03. The maximum atomic E-state index is 6.21. The van der Waals surface area contributed by atoms with Gasteiger partial charge < -0.3 is 16.4 Å². The van der Waals surface area contributed by atoms with E-state index >= 15 is 0 Å². The predicted molar refractivity (Wildman–Crippen MR) is 91.0 cm³/mol. The molecule has 1 saturated heterocycles. The van der Waals surface area contributed by atoms with Crippen LogP contribution < -0.4 is 16.4 Å². The van der Waals surface area contributed by atoms with Crippen molar-refractivity contribution in [3.05, 3.63) is 35.7 Å². The van der Waals surface area contributed by atoms with Crippen LogP contribution in [-0.2, 0) is 0 Å². The Morgan fingerprint density at radius 2 is 2.05 bits per heavy atom. The Morgan fingerprint density at radius 3 is 2.86 bits per heavy atom. The van der Waals surface area contributed by atoms with Crippen molar-refractivity contribution in [3.8, 4) is 11.1 Å². The molecule has 0 bridgehead atoms. The van der Waals surface area contributed by atoms with Gasteiger partial charge in [-0.1, -0.05) is 11.6 Å². The number of piperidine rings is 1. The van der Waals surface area contributed by atoms with E-state index in [4.69, 9.17) is 17.3 Å². The van der Waals surface area contributed by atoms with Crippen molar-refractivity contribution in [2.45, 2.75) is 12.8 Å². The Kier molecular flexibility index (Phi) is 4.75. The van der Waals surface area contributed by atoms with Crippen LogP contribution in [0.3, 0.4) is 0 Å². The van der Waals surface area contributed by atoms with E-state index in [0.29, 0.717) is 16.8 Å². The first-order chi connectivity index (χ1) is 10.7. The van der Waals surface area contributed by atoms with Crippen LogP contribution in [0.4, 0.5) is 11.5 Å². The monoisotopic (exact) mass is 317 g/mol. The molecule has 0 aliphatic carbocycles. The van der Waals surface area contributed by atoms with Gasteiger partial charge in [-0.05, 0) is 44.0 Å². The molecule has 0 saturated carbocycles. The predicted octanol–water partition coefficient (Wildman–Crippen LogP) is 2.79. The number of nitrogens with two attached hydrogens (primary N) is 1. The quantitative estimate of drug-likeness (QED) is 0.808. The third-order valence-electron chi connectivity index (χ3n) is 3.98. The average Bonchev–Trinajstić information content (AvgIpc) is 2.56. The largest absolute Gasteiger partial charge is 0.384 e. The fourth-order valence-corrected chi connectivity index (χ4v) is 2.92. The molecule has 2 aromatic heterocycles. The zero-order valence-corrected chi connectivity index (χ0v) is 13.1. The third kappa shape index (κ3) is 3.67. The maximum absolute atomic E-state index is 6.21. The highest BCUT2D eigenvalue weighted by atomic mass is 35.5. The number of rotatable bonds is 4. The molecule has 2 aromatic rings. The van der Waals surface area contributed by atoms with E-state index in [-0.39, 0.29) is 0 Å². The van der Waals surface area contributed by atoms with Crippen LogP contribution in [0.1, 0.15) is 12.8 Å². The number of hydrogen-bond donors (Lipinski definition) is 3. The van der Waals surface area contributed by atoms with Crippen molar-refractivity contribution in [2.75, 3.05) is 30.7 Å². The summed E-state index contributed by atoms with van der Waals surface area (Å²) in [5.41, 5.74) is 8.54. The number of anilines is 2. The first kappa shape index (κ1) is 15.1. The molecule has 0 aromatic carbocycles. The standard InChI is InChI=1S/C16H20ClN5/c17-15-10-22-16(18)6-14(15)12-5-13(9-20-8-12)21-7-11-1-3-19-4-2-11/h5-6,8-11,19,21H,1-4,7H2,(H2,18,22). The zero-order chi connectivity index (χ0) is 15.4. The summed E-state index contributed by atoms with van der Waals surface area (Å²) in [6.45, 7) is 3.19. The molecule has 4 N–H and O–H groups in total. The van der Waals surface area contributed by atoms with Gasteiger partial charge in [0.05, 0.1) is 10.7 Å². The van der Waals surface area contributed by atoms with E-state index in [1.54, 1.807) is 18.5 Å². The van der Waals surface area contributed by atoms with E-state index in [9.17, 15) is 0 Å². The third-order valence-corrected chi connectivity index (χ3v) is 4.28. The Morgan fingerprint density at radius 1 is 1.23 bits per heavy atom. The summed E-state index contributed by atoms with van der Waals surface area (Å²) in [6.07, 6.45) is 7.63. The average molecular weight is 318 g/mol.